The molecule has 1 saturated carbocycles. The lowest BCUT2D eigenvalue weighted by atomic mass is 10.1. The van der Waals surface area contributed by atoms with Crippen LogP contribution in [0.1, 0.15) is 63.0 Å². The fraction of sp³-hybridized carbons (Fsp3) is 0.640. The number of fused-ring (bicyclic) bond motifs is 1. The van der Waals surface area contributed by atoms with E-state index >= 15 is 0 Å². The first-order chi connectivity index (χ1) is 15.6. The Hall–Kier alpha value is -2.57. The number of aliphatic imine (C=N–C) groups is 1. The Bertz CT molecular complexity index is 808. The largest absolute Gasteiger partial charge is 0.357 e. The number of carbonyl (C=O) groups is 2. The summed E-state index contributed by atoms with van der Waals surface area (Å²) in [6, 6.07) is 8.51. The molecule has 0 spiro atoms. The number of carbonyl (C=O) groups excluding carboxylic acids is 2. The molecule has 1 saturated heterocycles. The van der Waals surface area contributed by atoms with Gasteiger partial charge in [-0.25, -0.2) is 0 Å². The van der Waals surface area contributed by atoms with Crippen LogP contribution in [-0.4, -0.2) is 59.8 Å². The summed E-state index contributed by atoms with van der Waals surface area (Å²) in [7, 11) is 0. The standard InChI is InChI=1S/C25H37N5O2/c1-2-26-25(28-22-13-15-29(18-22)24(32)19-8-3-4-9-19)27-14-7-12-23(31)30-16-20-10-5-6-11-21(20)17-30/h5-6,10-11,19,22H,2-4,7-9,12-18H2,1H3,(H2,26,27,28). The van der Waals surface area contributed by atoms with Crippen LogP contribution in [-0.2, 0) is 22.7 Å². The molecular formula is C25H37N5O2. The Kier molecular flexibility index (Phi) is 7.66. The SMILES string of the molecule is CCNC(=NCCCC(=O)N1Cc2ccccc2C1)NC1CCN(C(=O)C2CCCC2)C1. The van der Waals surface area contributed by atoms with Gasteiger partial charge in [0.25, 0.3) is 0 Å². The van der Waals surface area contributed by atoms with Crippen LogP contribution in [0, 0.1) is 5.92 Å². The van der Waals surface area contributed by atoms with Crippen LogP contribution in [0.15, 0.2) is 29.3 Å². The summed E-state index contributed by atoms with van der Waals surface area (Å²) in [5, 5.41) is 6.80. The fourth-order valence-corrected chi connectivity index (χ4v) is 5.11. The highest BCUT2D eigenvalue weighted by molar-refractivity contribution is 5.81. The van der Waals surface area contributed by atoms with Crippen molar-refractivity contribution >= 4 is 17.8 Å². The van der Waals surface area contributed by atoms with Gasteiger partial charge in [-0.2, -0.15) is 0 Å². The number of hydrogen-bond acceptors (Lipinski definition) is 3. The number of hydrogen-bond donors (Lipinski definition) is 2. The van der Waals surface area contributed by atoms with Crippen molar-refractivity contribution in [2.75, 3.05) is 26.2 Å². The van der Waals surface area contributed by atoms with E-state index in [0.29, 0.717) is 18.9 Å². The molecule has 0 bridgehead atoms. The second-order valence-electron chi connectivity index (χ2n) is 9.28. The van der Waals surface area contributed by atoms with Gasteiger partial charge in [-0.05, 0) is 43.7 Å². The van der Waals surface area contributed by atoms with Crippen molar-refractivity contribution < 1.29 is 9.59 Å². The number of guanidine groups is 1. The molecule has 32 heavy (non-hydrogen) atoms. The normalized spacial score (nSPS) is 21.2. The van der Waals surface area contributed by atoms with Crippen LogP contribution < -0.4 is 10.6 Å². The van der Waals surface area contributed by atoms with Gasteiger partial charge >= 0.3 is 0 Å². The van der Waals surface area contributed by atoms with E-state index in [1.165, 1.54) is 24.0 Å². The molecule has 2 aliphatic heterocycles. The molecule has 2 N–H and O–H groups in total. The quantitative estimate of drug-likeness (QED) is 0.389. The van der Waals surface area contributed by atoms with Crippen molar-refractivity contribution in [3.8, 4) is 0 Å². The minimum absolute atomic E-state index is 0.200. The second kappa shape index (κ2) is 10.8. The maximum Gasteiger partial charge on any atom is 0.225 e. The van der Waals surface area contributed by atoms with Crippen molar-refractivity contribution in [1.29, 1.82) is 0 Å². The molecule has 7 heteroatoms. The molecule has 0 radical (unpaired) electrons. The minimum Gasteiger partial charge on any atom is -0.357 e. The van der Waals surface area contributed by atoms with Crippen LogP contribution in [0.25, 0.3) is 0 Å². The zero-order chi connectivity index (χ0) is 22.3. The molecule has 1 aliphatic carbocycles. The van der Waals surface area contributed by atoms with E-state index in [0.717, 1.165) is 64.4 Å². The fourth-order valence-electron chi connectivity index (χ4n) is 5.11. The van der Waals surface area contributed by atoms with Gasteiger partial charge in [0.2, 0.25) is 11.8 Å². The van der Waals surface area contributed by atoms with E-state index in [4.69, 9.17) is 0 Å². The highest BCUT2D eigenvalue weighted by Crippen LogP contribution is 2.28. The van der Waals surface area contributed by atoms with E-state index < -0.39 is 0 Å². The maximum absolute atomic E-state index is 12.7. The van der Waals surface area contributed by atoms with Crippen molar-refractivity contribution in [1.82, 2.24) is 20.4 Å². The Labute approximate surface area is 191 Å². The van der Waals surface area contributed by atoms with E-state index in [-0.39, 0.29) is 17.9 Å². The topological polar surface area (TPSA) is 77.0 Å². The van der Waals surface area contributed by atoms with Crippen LogP contribution in [0.5, 0.6) is 0 Å². The molecule has 2 amide bonds. The van der Waals surface area contributed by atoms with Crippen LogP contribution >= 0.6 is 0 Å². The van der Waals surface area contributed by atoms with Crippen molar-refractivity contribution in [2.24, 2.45) is 10.9 Å². The van der Waals surface area contributed by atoms with Gasteiger partial charge in [-0.15, -0.1) is 0 Å². The highest BCUT2D eigenvalue weighted by Gasteiger charge is 2.32. The molecule has 7 nitrogen and oxygen atoms in total. The van der Waals surface area contributed by atoms with E-state index in [9.17, 15) is 9.59 Å². The summed E-state index contributed by atoms with van der Waals surface area (Å²) in [5.74, 6) is 1.58. The molecule has 2 fully saturated rings. The third-order valence-corrected chi connectivity index (χ3v) is 6.90. The molecule has 2 heterocycles. The number of benzene rings is 1. The average molecular weight is 440 g/mol. The first-order valence-electron chi connectivity index (χ1n) is 12.3. The molecule has 1 atom stereocenters. The predicted octanol–water partition coefficient (Wildman–Crippen LogP) is 2.66. The van der Waals surface area contributed by atoms with Gasteiger partial charge in [0.15, 0.2) is 5.96 Å². The lowest BCUT2D eigenvalue weighted by molar-refractivity contribution is -0.134. The molecular weight excluding hydrogens is 402 g/mol. The molecule has 3 aliphatic rings. The third-order valence-electron chi connectivity index (χ3n) is 6.90. The highest BCUT2D eigenvalue weighted by atomic mass is 16.2. The summed E-state index contributed by atoms with van der Waals surface area (Å²) in [6.45, 7) is 6.48. The van der Waals surface area contributed by atoms with Crippen molar-refractivity contribution in [3.63, 3.8) is 0 Å². The summed E-state index contributed by atoms with van der Waals surface area (Å²) >= 11 is 0. The first kappa shape index (κ1) is 22.6. The summed E-state index contributed by atoms with van der Waals surface area (Å²) in [4.78, 5) is 33.9. The Balaban J connectivity index is 1.20. The Morgan fingerprint density at radius 3 is 2.47 bits per heavy atom. The number of nitrogens with one attached hydrogen (secondary N) is 2. The number of likely N-dealkylation sites (tertiary alicyclic amines) is 1. The molecule has 1 unspecified atom stereocenters. The van der Waals surface area contributed by atoms with Gasteiger partial charge in [-0.1, -0.05) is 37.1 Å². The molecule has 174 valence electrons. The summed E-state index contributed by atoms with van der Waals surface area (Å²) in [5.41, 5.74) is 2.52. The predicted molar refractivity (Wildman–Crippen MR) is 126 cm³/mol. The molecule has 1 aromatic carbocycles. The summed E-state index contributed by atoms with van der Waals surface area (Å²) < 4.78 is 0. The second-order valence-corrected chi connectivity index (χ2v) is 9.28. The molecule has 0 aromatic heterocycles. The van der Waals surface area contributed by atoms with Gasteiger partial charge in [0, 0.05) is 57.6 Å². The first-order valence-corrected chi connectivity index (χ1v) is 12.3. The van der Waals surface area contributed by atoms with Gasteiger partial charge in [0.1, 0.15) is 0 Å². The third kappa shape index (κ3) is 5.61. The van der Waals surface area contributed by atoms with Gasteiger partial charge in [0.05, 0.1) is 0 Å². The van der Waals surface area contributed by atoms with Crippen molar-refractivity contribution in [2.45, 2.75) is 71.0 Å². The van der Waals surface area contributed by atoms with Crippen LogP contribution in [0.4, 0.5) is 0 Å². The molecule has 1 aromatic rings. The van der Waals surface area contributed by atoms with Gasteiger partial charge < -0.3 is 20.4 Å². The Morgan fingerprint density at radius 2 is 1.78 bits per heavy atom. The van der Waals surface area contributed by atoms with Crippen LogP contribution in [0.2, 0.25) is 0 Å². The zero-order valence-corrected chi connectivity index (χ0v) is 19.3. The zero-order valence-electron chi connectivity index (χ0n) is 19.3. The van der Waals surface area contributed by atoms with E-state index in [1.807, 2.05) is 21.9 Å². The average Bonchev–Trinajstić information content (AvgIpc) is 3.56. The van der Waals surface area contributed by atoms with Crippen molar-refractivity contribution in [3.05, 3.63) is 35.4 Å². The maximum atomic E-state index is 12.7. The monoisotopic (exact) mass is 439 g/mol. The number of rotatable bonds is 7. The lowest BCUT2D eigenvalue weighted by Crippen LogP contribution is -2.45. The minimum atomic E-state index is 0.200. The van der Waals surface area contributed by atoms with E-state index in [2.05, 4.69) is 34.7 Å². The van der Waals surface area contributed by atoms with Crippen LogP contribution in [0.3, 0.4) is 0 Å². The van der Waals surface area contributed by atoms with Gasteiger partial charge in [-0.3, -0.25) is 14.6 Å². The number of nitrogens with zero attached hydrogens (tertiary/aromatic N) is 3. The lowest BCUT2D eigenvalue weighted by Gasteiger charge is -2.21. The summed E-state index contributed by atoms with van der Waals surface area (Å²) in [6.07, 6.45) is 6.70. The smallest absolute Gasteiger partial charge is 0.225 e. The van der Waals surface area contributed by atoms with E-state index in [1.54, 1.807) is 0 Å². The Morgan fingerprint density at radius 1 is 1.06 bits per heavy atom. The number of amides is 2. The molecule has 4 rings (SSSR count).